The Hall–Kier alpha value is -2.95. The lowest BCUT2D eigenvalue weighted by Gasteiger charge is -2.13. The summed E-state index contributed by atoms with van der Waals surface area (Å²) in [6.45, 7) is 0. The second kappa shape index (κ2) is 8.19. The predicted molar refractivity (Wildman–Crippen MR) is 119 cm³/mol. The van der Waals surface area contributed by atoms with Crippen LogP contribution < -0.4 is 5.01 Å². The Morgan fingerprint density at radius 2 is 1.93 bits per heavy atom. The Balaban J connectivity index is 1.74. The Labute approximate surface area is 181 Å². The summed E-state index contributed by atoms with van der Waals surface area (Å²) >= 11 is 5.75. The number of carbonyl (C=O) groups is 1. The highest BCUT2D eigenvalue weighted by atomic mass is 79.9. The highest BCUT2D eigenvalue weighted by Gasteiger charge is 2.21. The number of hydrogen-bond donors (Lipinski definition) is 0. The summed E-state index contributed by atoms with van der Waals surface area (Å²) in [4.78, 5) is 28.6. The Bertz CT molecular complexity index is 1240. The lowest BCUT2D eigenvalue weighted by atomic mass is 10.2. The van der Waals surface area contributed by atoms with Crippen molar-refractivity contribution in [1.29, 1.82) is 0 Å². The highest BCUT2D eigenvalue weighted by Crippen LogP contribution is 2.32. The van der Waals surface area contributed by atoms with Crippen LogP contribution in [0.1, 0.15) is 15.2 Å². The van der Waals surface area contributed by atoms with E-state index in [1.165, 1.54) is 28.6 Å². The van der Waals surface area contributed by atoms with Gasteiger partial charge in [0.15, 0.2) is 0 Å². The van der Waals surface area contributed by atoms with E-state index in [-0.39, 0.29) is 10.9 Å². The van der Waals surface area contributed by atoms with Crippen molar-refractivity contribution in [2.24, 2.45) is 5.10 Å². The standard InChI is InChI=1S/C19H11BrN4O3S2/c20-13-6-8-15-16(10-13)29-19(22-15)23(18(25)12-4-2-1-3-5-12)21-11-14-7-9-17(28-14)24(26)27/h1-11H/b21-11+. The molecule has 2 heterocycles. The molecular formula is C19H11BrN4O3S2. The first-order valence-electron chi connectivity index (χ1n) is 8.25. The molecule has 0 spiro atoms. The van der Waals surface area contributed by atoms with Crippen LogP contribution in [0.3, 0.4) is 0 Å². The minimum Gasteiger partial charge on any atom is -0.267 e. The molecule has 0 aliphatic heterocycles. The van der Waals surface area contributed by atoms with Crippen LogP contribution in [0.4, 0.5) is 10.1 Å². The summed E-state index contributed by atoms with van der Waals surface area (Å²) < 4.78 is 1.82. The molecule has 10 heteroatoms. The number of nitro groups is 1. The fourth-order valence-corrected chi connectivity index (χ4v) is 4.65. The van der Waals surface area contributed by atoms with Gasteiger partial charge in [-0.15, -0.1) is 0 Å². The molecule has 144 valence electrons. The summed E-state index contributed by atoms with van der Waals surface area (Å²) in [6.07, 6.45) is 1.43. The van der Waals surface area contributed by atoms with Crippen LogP contribution in [0, 0.1) is 10.1 Å². The van der Waals surface area contributed by atoms with Gasteiger partial charge in [0.05, 0.1) is 26.2 Å². The van der Waals surface area contributed by atoms with Crippen molar-refractivity contribution in [2.75, 3.05) is 5.01 Å². The van der Waals surface area contributed by atoms with E-state index >= 15 is 0 Å². The van der Waals surface area contributed by atoms with Gasteiger partial charge in [0, 0.05) is 16.1 Å². The zero-order valence-corrected chi connectivity index (χ0v) is 17.8. The van der Waals surface area contributed by atoms with Gasteiger partial charge in [0.25, 0.3) is 5.91 Å². The molecule has 0 N–H and O–H groups in total. The molecule has 0 radical (unpaired) electrons. The average Bonchev–Trinajstić information content (AvgIpc) is 3.35. The maximum absolute atomic E-state index is 13.1. The first-order valence-corrected chi connectivity index (χ1v) is 10.7. The molecular weight excluding hydrogens is 476 g/mol. The van der Waals surface area contributed by atoms with Gasteiger partial charge in [-0.2, -0.15) is 10.1 Å². The van der Waals surface area contributed by atoms with Gasteiger partial charge in [0.1, 0.15) is 0 Å². The van der Waals surface area contributed by atoms with E-state index in [0.29, 0.717) is 15.6 Å². The summed E-state index contributed by atoms with van der Waals surface area (Å²) in [7, 11) is 0. The van der Waals surface area contributed by atoms with Gasteiger partial charge in [-0.05, 0) is 36.4 Å². The van der Waals surface area contributed by atoms with Crippen molar-refractivity contribution in [3.63, 3.8) is 0 Å². The molecule has 0 atom stereocenters. The Kier molecular flexibility index (Phi) is 5.47. The Morgan fingerprint density at radius 3 is 2.66 bits per heavy atom. The molecule has 2 aromatic heterocycles. The van der Waals surface area contributed by atoms with Crippen molar-refractivity contribution in [3.05, 3.63) is 85.7 Å². The number of nitrogens with zero attached hydrogens (tertiary/aromatic N) is 4. The van der Waals surface area contributed by atoms with Crippen LogP contribution in [0.5, 0.6) is 0 Å². The van der Waals surface area contributed by atoms with Gasteiger partial charge in [-0.3, -0.25) is 14.9 Å². The first-order chi connectivity index (χ1) is 14.0. The van der Waals surface area contributed by atoms with E-state index < -0.39 is 4.92 Å². The van der Waals surface area contributed by atoms with Gasteiger partial charge in [0.2, 0.25) is 5.13 Å². The number of rotatable bonds is 5. The van der Waals surface area contributed by atoms with Crippen LogP contribution in [0.25, 0.3) is 10.2 Å². The van der Waals surface area contributed by atoms with Crippen LogP contribution in [-0.2, 0) is 0 Å². The average molecular weight is 487 g/mol. The predicted octanol–water partition coefficient (Wildman–Crippen LogP) is 5.71. The van der Waals surface area contributed by atoms with E-state index in [0.717, 1.165) is 26.0 Å². The molecule has 0 unspecified atom stereocenters. The number of thiazole rings is 1. The molecule has 4 aromatic rings. The second-order valence-corrected chi connectivity index (χ2v) is 8.79. The van der Waals surface area contributed by atoms with Crippen molar-refractivity contribution in [2.45, 2.75) is 0 Å². The van der Waals surface area contributed by atoms with Crippen LogP contribution in [-0.4, -0.2) is 22.0 Å². The normalized spacial score (nSPS) is 11.2. The Morgan fingerprint density at radius 1 is 1.14 bits per heavy atom. The number of anilines is 1. The van der Waals surface area contributed by atoms with Crippen LogP contribution in [0.15, 0.2) is 70.2 Å². The topological polar surface area (TPSA) is 88.7 Å². The van der Waals surface area contributed by atoms with Gasteiger partial charge < -0.3 is 0 Å². The minimum atomic E-state index is -0.458. The molecule has 0 aliphatic carbocycles. The molecule has 0 aliphatic rings. The molecule has 7 nitrogen and oxygen atoms in total. The molecule has 1 amide bonds. The van der Waals surface area contributed by atoms with Gasteiger partial charge in [-0.1, -0.05) is 56.8 Å². The zero-order valence-electron chi connectivity index (χ0n) is 14.6. The van der Waals surface area contributed by atoms with E-state index in [2.05, 4.69) is 26.0 Å². The van der Waals surface area contributed by atoms with E-state index in [9.17, 15) is 14.9 Å². The molecule has 0 saturated carbocycles. The minimum absolute atomic E-state index is 0.0113. The smallest absolute Gasteiger partial charge is 0.267 e. The molecule has 0 bridgehead atoms. The third-order valence-electron chi connectivity index (χ3n) is 3.83. The number of hydrogen-bond acceptors (Lipinski definition) is 7. The van der Waals surface area contributed by atoms with Crippen molar-refractivity contribution in [3.8, 4) is 0 Å². The lowest BCUT2D eigenvalue weighted by molar-refractivity contribution is -0.380. The van der Waals surface area contributed by atoms with Gasteiger partial charge >= 0.3 is 5.00 Å². The van der Waals surface area contributed by atoms with Crippen LogP contribution in [0.2, 0.25) is 0 Å². The monoisotopic (exact) mass is 486 g/mol. The number of hydrazone groups is 1. The molecule has 29 heavy (non-hydrogen) atoms. The number of carbonyl (C=O) groups excluding carboxylic acids is 1. The van der Waals surface area contributed by atoms with E-state index in [1.807, 2.05) is 24.3 Å². The fourth-order valence-electron chi connectivity index (χ4n) is 2.49. The quantitative estimate of drug-likeness (QED) is 0.205. The highest BCUT2D eigenvalue weighted by molar-refractivity contribution is 9.10. The van der Waals surface area contributed by atoms with Crippen LogP contribution >= 0.6 is 38.6 Å². The SMILES string of the molecule is O=C(c1ccccc1)N(/N=C/c1ccc([N+](=O)[O-])s1)c1nc2ccc(Br)cc2s1. The second-order valence-electron chi connectivity index (χ2n) is 5.77. The van der Waals surface area contributed by atoms with Gasteiger partial charge in [-0.25, -0.2) is 4.98 Å². The maximum Gasteiger partial charge on any atom is 0.324 e. The molecule has 4 rings (SSSR count). The van der Waals surface area contributed by atoms with E-state index in [4.69, 9.17) is 0 Å². The zero-order chi connectivity index (χ0) is 20.4. The fraction of sp³-hybridized carbons (Fsp3) is 0. The molecule has 0 saturated heterocycles. The number of benzene rings is 2. The summed E-state index contributed by atoms with van der Waals surface area (Å²) in [6, 6.07) is 17.4. The third-order valence-corrected chi connectivity index (χ3v) is 6.28. The van der Waals surface area contributed by atoms with Crippen molar-refractivity contribution >= 4 is 71.1 Å². The van der Waals surface area contributed by atoms with E-state index in [1.54, 1.807) is 30.3 Å². The van der Waals surface area contributed by atoms with Crippen molar-refractivity contribution in [1.82, 2.24) is 4.98 Å². The summed E-state index contributed by atoms with van der Waals surface area (Å²) in [5.74, 6) is -0.342. The summed E-state index contributed by atoms with van der Waals surface area (Å²) in [5.41, 5.74) is 1.21. The largest absolute Gasteiger partial charge is 0.324 e. The first kappa shape index (κ1) is 19.4. The number of amides is 1. The molecule has 0 fully saturated rings. The number of fused-ring (bicyclic) bond motifs is 1. The lowest BCUT2D eigenvalue weighted by Crippen LogP contribution is -2.25. The number of thiophene rings is 1. The van der Waals surface area contributed by atoms with Crippen molar-refractivity contribution < 1.29 is 9.72 Å². The maximum atomic E-state index is 13.1. The molecule has 2 aromatic carbocycles. The third kappa shape index (κ3) is 4.24. The number of halogens is 1. The summed E-state index contributed by atoms with van der Waals surface area (Å²) in [5, 5.41) is 16.8. The number of aromatic nitrogens is 1.